The summed E-state index contributed by atoms with van der Waals surface area (Å²) in [6.45, 7) is 2.02. The summed E-state index contributed by atoms with van der Waals surface area (Å²) in [5, 5.41) is 8.87. The molecule has 1 aliphatic rings. The fourth-order valence-corrected chi connectivity index (χ4v) is 4.88. The van der Waals surface area contributed by atoms with Gasteiger partial charge in [0, 0.05) is 26.2 Å². The van der Waals surface area contributed by atoms with Crippen LogP contribution in [0, 0.1) is 11.3 Å². The van der Waals surface area contributed by atoms with Crippen LogP contribution in [0.1, 0.15) is 17.5 Å². The highest BCUT2D eigenvalue weighted by molar-refractivity contribution is 7.89. The molecule has 6 nitrogen and oxygen atoms in total. The van der Waals surface area contributed by atoms with E-state index in [2.05, 4.69) is 15.7 Å². The zero-order valence-corrected chi connectivity index (χ0v) is 16.8. The van der Waals surface area contributed by atoms with Crippen LogP contribution in [0.2, 0.25) is 0 Å². The van der Waals surface area contributed by atoms with E-state index in [1.54, 1.807) is 12.1 Å². The topological polar surface area (TPSA) is 73.6 Å². The first-order valence-electron chi connectivity index (χ1n) is 9.25. The average Bonchev–Trinajstić information content (AvgIpc) is 2.94. The highest BCUT2D eigenvalue weighted by Gasteiger charge is 2.36. The molecule has 0 radical (unpaired) electrons. The van der Waals surface area contributed by atoms with Crippen LogP contribution >= 0.6 is 0 Å². The van der Waals surface area contributed by atoms with Crippen LogP contribution in [0.4, 0.5) is 13.2 Å². The van der Waals surface area contributed by atoms with Crippen molar-refractivity contribution in [1.82, 2.24) is 9.21 Å². The average molecular weight is 439 g/mol. The van der Waals surface area contributed by atoms with E-state index in [1.807, 2.05) is 12.1 Å². The van der Waals surface area contributed by atoms with Crippen molar-refractivity contribution in [2.45, 2.75) is 24.2 Å². The highest BCUT2D eigenvalue weighted by atomic mass is 32.2. The van der Waals surface area contributed by atoms with Gasteiger partial charge in [-0.2, -0.15) is 9.57 Å². The number of alkyl halides is 3. The maximum absolute atomic E-state index is 13.0. The Morgan fingerprint density at radius 1 is 1.00 bits per heavy atom. The first kappa shape index (κ1) is 22.1. The molecule has 0 N–H and O–H groups in total. The fraction of sp³-hybridized carbons (Fsp3) is 0.350. The van der Waals surface area contributed by atoms with E-state index in [4.69, 9.17) is 5.26 Å². The highest BCUT2D eigenvalue weighted by Crippen LogP contribution is 2.31. The Kier molecular flexibility index (Phi) is 6.65. The predicted octanol–water partition coefficient (Wildman–Crippen LogP) is 3.35. The van der Waals surface area contributed by atoms with Crippen molar-refractivity contribution in [3.63, 3.8) is 0 Å². The van der Waals surface area contributed by atoms with Crippen molar-refractivity contribution >= 4 is 10.0 Å². The van der Waals surface area contributed by atoms with Crippen LogP contribution in [-0.4, -0.2) is 50.2 Å². The first-order chi connectivity index (χ1) is 14.2. The third kappa shape index (κ3) is 5.50. The molecule has 0 spiro atoms. The van der Waals surface area contributed by atoms with Crippen LogP contribution in [-0.2, 0) is 16.6 Å². The molecular weight excluding hydrogens is 419 g/mol. The van der Waals surface area contributed by atoms with Crippen molar-refractivity contribution in [2.75, 3.05) is 26.2 Å². The number of benzene rings is 2. The van der Waals surface area contributed by atoms with Gasteiger partial charge in [0.2, 0.25) is 10.0 Å². The normalized spacial score (nSPS) is 16.6. The Balaban J connectivity index is 1.72. The molecule has 0 saturated carbocycles. The van der Waals surface area contributed by atoms with Gasteiger partial charge in [-0.1, -0.05) is 24.3 Å². The zero-order valence-electron chi connectivity index (χ0n) is 16.0. The van der Waals surface area contributed by atoms with Gasteiger partial charge in [-0.3, -0.25) is 4.90 Å². The van der Waals surface area contributed by atoms with E-state index in [9.17, 15) is 21.6 Å². The summed E-state index contributed by atoms with van der Waals surface area (Å²) in [6.07, 6.45) is -4.44. The Morgan fingerprint density at radius 2 is 1.70 bits per heavy atom. The number of hydrogen-bond donors (Lipinski definition) is 0. The quantitative estimate of drug-likeness (QED) is 0.714. The summed E-state index contributed by atoms with van der Waals surface area (Å²) in [5.74, 6) is -0.733. The number of nitriles is 1. The summed E-state index contributed by atoms with van der Waals surface area (Å²) >= 11 is 0. The summed E-state index contributed by atoms with van der Waals surface area (Å²) in [4.78, 5) is 1.58. The van der Waals surface area contributed by atoms with Gasteiger partial charge in [-0.05, 0) is 42.8 Å². The number of ether oxygens (including phenoxy) is 1. The Labute approximate surface area is 173 Å². The maximum Gasteiger partial charge on any atom is 0.573 e. The number of hydrogen-bond acceptors (Lipinski definition) is 5. The molecule has 0 unspecified atom stereocenters. The van der Waals surface area contributed by atoms with Crippen LogP contribution in [0.15, 0.2) is 53.4 Å². The summed E-state index contributed by atoms with van der Waals surface area (Å²) in [5.41, 5.74) is 1.56. The van der Waals surface area contributed by atoms with Crippen molar-refractivity contribution in [2.24, 2.45) is 0 Å². The molecule has 0 bridgehead atoms. The minimum Gasteiger partial charge on any atom is -0.404 e. The van der Waals surface area contributed by atoms with Gasteiger partial charge < -0.3 is 4.74 Å². The largest absolute Gasteiger partial charge is 0.573 e. The van der Waals surface area contributed by atoms with Crippen molar-refractivity contribution in [1.29, 1.82) is 5.26 Å². The third-order valence-electron chi connectivity index (χ3n) is 4.73. The molecule has 1 heterocycles. The van der Waals surface area contributed by atoms with Crippen molar-refractivity contribution in [3.8, 4) is 11.8 Å². The maximum atomic E-state index is 13.0. The summed E-state index contributed by atoms with van der Waals surface area (Å²) < 4.78 is 69.1. The van der Waals surface area contributed by atoms with Gasteiger partial charge in [-0.15, -0.1) is 13.2 Å². The van der Waals surface area contributed by atoms with E-state index < -0.39 is 27.0 Å². The van der Waals surface area contributed by atoms with Gasteiger partial charge in [0.15, 0.2) is 0 Å². The standard InChI is InChI=1S/C20H20F3N3O3S/c21-20(22,23)29-18-4-1-2-5-19(18)30(27,28)26-11-3-10-25(12-13-26)15-17-8-6-16(14-24)7-9-17/h1-2,4-9H,3,10-13,15H2. The van der Waals surface area contributed by atoms with E-state index in [-0.39, 0.29) is 13.1 Å². The number of rotatable bonds is 5. The van der Waals surface area contributed by atoms with Crippen LogP contribution in [0.5, 0.6) is 5.75 Å². The summed E-state index contributed by atoms with van der Waals surface area (Å²) in [6, 6.07) is 14.0. The zero-order chi connectivity index (χ0) is 21.8. The molecule has 2 aromatic rings. The van der Waals surface area contributed by atoms with E-state index in [0.29, 0.717) is 31.6 Å². The Morgan fingerprint density at radius 3 is 2.37 bits per heavy atom. The molecule has 1 saturated heterocycles. The third-order valence-corrected chi connectivity index (χ3v) is 6.67. The molecule has 3 rings (SSSR count). The number of halogens is 3. The van der Waals surface area contributed by atoms with E-state index in [0.717, 1.165) is 17.7 Å². The van der Waals surface area contributed by atoms with Gasteiger partial charge in [-0.25, -0.2) is 8.42 Å². The minimum atomic E-state index is -4.98. The number of sulfonamides is 1. The predicted molar refractivity (Wildman–Crippen MR) is 103 cm³/mol. The van der Waals surface area contributed by atoms with Gasteiger partial charge in [0.1, 0.15) is 10.6 Å². The van der Waals surface area contributed by atoms with Crippen LogP contribution < -0.4 is 4.74 Å². The van der Waals surface area contributed by atoms with Crippen molar-refractivity contribution in [3.05, 3.63) is 59.7 Å². The molecule has 0 amide bonds. The van der Waals surface area contributed by atoms with Crippen LogP contribution in [0.25, 0.3) is 0 Å². The van der Waals surface area contributed by atoms with Crippen LogP contribution in [0.3, 0.4) is 0 Å². The SMILES string of the molecule is N#Cc1ccc(CN2CCCN(S(=O)(=O)c3ccccc3OC(F)(F)F)CC2)cc1. The smallest absolute Gasteiger partial charge is 0.404 e. The number of para-hydroxylation sites is 1. The molecule has 0 atom stereocenters. The minimum absolute atomic E-state index is 0.152. The molecular formula is C20H20F3N3O3S. The molecule has 10 heteroatoms. The Bertz CT molecular complexity index is 1020. The molecule has 160 valence electrons. The number of nitrogens with zero attached hydrogens (tertiary/aromatic N) is 3. The molecule has 2 aromatic carbocycles. The van der Waals surface area contributed by atoms with E-state index >= 15 is 0 Å². The van der Waals surface area contributed by atoms with Gasteiger partial charge in [0.25, 0.3) is 0 Å². The molecule has 1 aliphatic heterocycles. The van der Waals surface area contributed by atoms with E-state index in [1.165, 1.54) is 16.4 Å². The monoisotopic (exact) mass is 439 g/mol. The lowest BCUT2D eigenvalue weighted by Gasteiger charge is -2.23. The lowest BCUT2D eigenvalue weighted by Crippen LogP contribution is -2.35. The second kappa shape index (κ2) is 9.04. The molecule has 30 heavy (non-hydrogen) atoms. The molecule has 0 aliphatic carbocycles. The lowest BCUT2D eigenvalue weighted by atomic mass is 10.1. The van der Waals surface area contributed by atoms with Crippen molar-refractivity contribution < 1.29 is 26.3 Å². The Hall–Kier alpha value is -2.61. The van der Waals surface area contributed by atoms with Gasteiger partial charge in [0.05, 0.1) is 11.6 Å². The molecule has 0 aromatic heterocycles. The molecule has 1 fully saturated rings. The van der Waals surface area contributed by atoms with Gasteiger partial charge >= 0.3 is 6.36 Å². The fourth-order valence-electron chi connectivity index (χ4n) is 3.30. The lowest BCUT2D eigenvalue weighted by molar-refractivity contribution is -0.275. The second-order valence-electron chi connectivity index (χ2n) is 6.84. The second-order valence-corrected chi connectivity index (χ2v) is 8.74. The first-order valence-corrected chi connectivity index (χ1v) is 10.7. The summed E-state index contributed by atoms with van der Waals surface area (Å²) in [7, 11) is -4.15.